The Bertz CT molecular complexity index is 743. The van der Waals surface area contributed by atoms with Crippen LogP contribution in [0.3, 0.4) is 0 Å². The van der Waals surface area contributed by atoms with Crippen molar-refractivity contribution in [1.82, 2.24) is 15.0 Å². The number of nitrogens with one attached hydrogen (secondary N) is 1. The van der Waals surface area contributed by atoms with Crippen molar-refractivity contribution in [3.8, 4) is 0 Å². The van der Waals surface area contributed by atoms with E-state index in [0.717, 1.165) is 16.8 Å². The Balaban J connectivity index is 2.11. The molecule has 0 radical (unpaired) electrons. The van der Waals surface area contributed by atoms with Crippen LogP contribution in [0.4, 0.5) is 19.0 Å². The molecule has 0 unspecified atom stereocenters. The number of ether oxygens (including phenoxy) is 1. The summed E-state index contributed by atoms with van der Waals surface area (Å²) in [5.41, 5.74) is -1.59. The van der Waals surface area contributed by atoms with E-state index in [4.69, 9.17) is 4.74 Å². The number of benzene rings is 1. The molecule has 0 saturated carbocycles. The molecule has 128 valence electrons. The number of carbonyl (C=O) groups is 2. The van der Waals surface area contributed by atoms with Gasteiger partial charge in [-0.15, -0.1) is 5.10 Å². The molecule has 0 bridgehead atoms. The number of anilines is 1. The largest absolute Gasteiger partial charge is 0.465 e. The van der Waals surface area contributed by atoms with E-state index in [1.54, 1.807) is 6.92 Å². The first-order valence-electron chi connectivity index (χ1n) is 6.84. The van der Waals surface area contributed by atoms with Gasteiger partial charge >= 0.3 is 12.1 Å². The molecule has 0 fully saturated rings. The average molecular weight is 342 g/mol. The molecular formula is C14H13F3N4O3. The molecule has 0 saturated heterocycles. The summed E-state index contributed by atoms with van der Waals surface area (Å²) in [5, 5.41) is 9.37. The van der Waals surface area contributed by atoms with E-state index < -0.39 is 29.2 Å². The molecule has 0 aliphatic carbocycles. The van der Waals surface area contributed by atoms with Gasteiger partial charge in [0.2, 0.25) is 0 Å². The van der Waals surface area contributed by atoms with Gasteiger partial charge in [0.1, 0.15) is 6.54 Å². The van der Waals surface area contributed by atoms with Crippen molar-refractivity contribution < 1.29 is 27.5 Å². The van der Waals surface area contributed by atoms with Crippen LogP contribution in [0.2, 0.25) is 0 Å². The fourth-order valence-corrected chi connectivity index (χ4v) is 1.88. The van der Waals surface area contributed by atoms with Crippen molar-refractivity contribution in [3.05, 3.63) is 41.6 Å². The Morgan fingerprint density at radius 2 is 2.00 bits per heavy atom. The van der Waals surface area contributed by atoms with Crippen molar-refractivity contribution in [2.45, 2.75) is 19.6 Å². The molecule has 7 nitrogen and oxygen atoms in total. The smallest absolute Gasteiger partial charge is 0.417 e. The van der Waals surface area contributed by atoms with Crippen LogP contribution in [0.5, 0.6) is 0 Å². The fraction of sp³-hybridized carbons (Fsp3) is 0.286. The van der Waals surface area contributed by atoms with E-state index in [-0.39, 0.29) is 19.0 Å². The highest BCUT2D eigenvalue weighted by Gasteiger charge is 2.34. The summed E-state index contributed by atoms with van der Waals surface area (Å²) in [6.45, 7) is 1.62. The van der Waals surface area contributed by atoms with E-state index in [1.807, 2.05) is 0 Å². The van der Waals surface area contributed by atoms with Crippen molar-refractivity contribution in [2.75, 3.05) is 11.9 Å². The minimum absolute atomic E-state index is 0.0822. The van der Waals surface area contributed by atoms with E-state index >= 15 is 0 Å². The maximum Gasteiger partial charge on any atom is 0.417 e. The lowest BCUT2D eigenvalue weighted by Gasteiger charge is -2.11. The minimum Gasteiger partial charge on any atom is -0.465 e. The Labute approximate surface area is 134 Å². The number of rotatable bonds is 5. The molecule has 24 heavy (non-hydrogen) atoms. The topological polar surface area (TPSA) is 86.1 Å². The van der Waals surface area contributed by atoms with Gasteiger partial charge in [0.15, 0.2) is 5.82 Å². The molecule has 1 aromatic heterocycles. The molecule has 2 rings (SSSR count). The van der Waals surface area contributed by atoms with Crippen LogP contribution in [0.15, 0.2) is 30.5 Å². The van der Waals surface area contributed by atoms with E-state index in [1.165, 1.54) is 18.3 Å². The second-order valence-electron chi connectivity index (χ2n) is 4.60. The van der Waals surface area contributed by atoms with Gasteiger partial charge in [0.05, 0.1) is 23.9 Å². The first-order valence-corrected chi connectivity index (χ1v) is 6.84. The average Bonchev–Trinajstić information content (AvgIpc) is 2.93. The number of carbonyl (C=O) groups excluding carboxylic acids is 2. The van der Waals surface area contributed by atoms with Gasteiger partial charge in [-0.1, -0.05) is 17.3 Å². The first kappa shape index (κ1) is 17.4. The SMILES string of the molecule is CCOC(=O)Cn1cc(NC(=O)c2ccccc2C(F)(F)F)nn1. The zero-order valence-corrected chi connectivity index (χ0v) is 12.5. The number of alkyl halides is 3. The standard InChI is InChI=1S/C14H13F3N4O3/c1-2-24-12(22)8-21-7-11(19-20-21)18-13(23)9-5-3-4-6-10(9)14(15,16)17/h3-7H,2,8H2,1H3,(H,18,23). The number of esters is 1. The molecule has 0 spiro atoms. The van der Waals surface area contributed by atoms with Gasteiger partial charge in [-0.25, -0.2) is 4.68 Å². The number of halogens is 3. The van der Waals surface area contributed by atoms with Crippen molar-refractivity contribution in [3.63, 3.8) is 0 Å². The van der Waals surface area contributed by atoms with Gasteiger partial charge in [-0.2, -0.15) is 13.2 Å². The van der Waals surface area contributed by atoms with E-state index in [0.29, 0.717) is 0 Å². The van der Waals surface area contributed by atoms with Crippen LogP contribution in [0, 0.1) is 0 Å². The van der Waals surface area contributed by atoms with Gasteiger partial charge in [0.25, 0.3) is 5.91 Å². The summed E-state index contributed by atoms with van der Waals surface area (Å²) in [7, 11) is 0. The van der Waals surface area contributed by atoms with Crippen LogP contribution >= 0.6 is 0 Å². The molecule has 1 aromatic carbocycles. The Morgan fingerprint density at radius 1 is 1.29 bits per heavy atom. The molecule has 1 N–H and O–H groups in total. The normalized spacial score (nSPS) is 11.2. The molecule has 0 aliphatic rings. The Hall–Kier alpha value is -2.91. The molecule has 0 atom stereocenters. The van der Waals surface area contributed by atoms with E-state index in [9.17, 15) is 22.8 Å². The molecular weight excluding hydrogens is 329 g/mol. The molecule has 2 aromatic rings. The van der Waals surface area contributed by atoms with Gasteiger partial charge in [-0.05, 0) is 19.1 Å². The lowest BCUT2D eigenvalue weighted by atomic mass is 10.1. The number of amides is 1. The summed E-state index contributed by atoms with van der Waals surface area (Å²) in [5.74, 6) is -1.62. The van der Waals surface area contributed by atoms with Crippen molar-refractivity contribution >= 4 is 17.7 Å². The number of hydrogen-bond donors (Lipinski definition) is 1. The van der Waals surface area contributed by atoms with Gasteiger partial charge < -0.3 is 10.1 Å². The molecule has 1 amide bonds. The Morgan fingerprint density at radius 3 is 2.67 bits per heavy atom. The summed E-state index contributed by atoms with van der Waals surface area (Å²) >= 11 is 0. The van der Waals surface area contributed by atoms with Gasteiger partial charge in [0, 0.05) is 0 Å². The summed E-state index contributed by atoms with van der Waals surface area (Å²) in [6.07, 6.45) is -3.44. The first-order chi connectivity index (χ1) is 11.3. The maximum absolute atomic E-state index is 12.9. The minimum atomic E-state index is -4.66. The number of nitrogens with zero attached hydrogens (tertiary/aromatic N) is 3. The van der Waals surface area contributed by atoms with E-state index in [2.05, 4.69) is 15.6 Å². The van der Waals surface area contributed by atoms with Crippen molar-refractivity contribution in [1.29, 1.82) is 0 Å². The maximum atomic E-state index is 12.9. The fourth-order valence-electron chi connectivity index (χ4n) is 1.88. The molecule has 1 heterocycles. The second kappa shape index (κ2) is 7.11. The third-order valence-electron chi connectivity index (χ3n) is 2.85. The quantitative estimate of drug-likeness (QED) is 0.841. The zero-order chi connectivity index (χ0) is 17.7. The van der Waals surface area contributed by atoms with Gasteiger partial charge in [-0.3, -0.25) is 9.59 Å². The molecule has 0 aliphatic heterocycles. The van der Waals surface area contributed by atoms with Crippen LogP contribution in [-0.2, 0) is 22.3 Å². The summed E-state index contributed by atoms with van der Waals surface area (Å²) in [6, 6.07) is 4.38. The predicted molar refractivity (Wildman–Crippen MR) is 76.1 cm³/mol. The third-order valence-corrected chi connectivity index (χ3v) is 2.85. The lowest BCUT2D eigenvalue weighted by molar-refractivity contribution is -0.144. The number of aromatic nitrogens is 3. The summed E-state index contributed by atoms with van der Waals surface area (Å²) < 4.78 is 44.5. The highest BCUT2D eigenvalue weighted by Crippen LogP contribution is 2.32. The third kappa shape index (κ3) is 4.31. The lowest BCUT2D eigenvalue weighted by Crippen LogP contribution is -2.18. The summed E-state index contributed by atoms with van der Waals surface area (Å²) in [4.78, 5) is 23.3. The van der Waals surface area contributed by atoms with Crippen LogP contribution in [0.25, 0.3) is 0 Å². The number of hydrogen-bond acceptors (Lipinski definition) is 5. The van der Waals surface area contributed by atoms with Crippen LogP contribution in [0.1, 0.15) is 22.8 Å². The van der Waals surface area contributed by atoms with Crippen LogP contribution in [-0.4, -0.2) is 33.5 Å². The zero-order valence-electron chi connectivity index (χ0n) is 12.5. The molecule has 10 heteroatoms. The monoisotopic (exact) mass is 342 g/mol. The predicted octanol–water partition coefficient (Wildman–Crippen LogP) is 2.11. The van der Waals surface area contributed by atoms with Crippen molar-refractivity contribution in [2.24, 2.45) is 0 Å². The highest BCUT2D eigenvalue weighted by atomic mass is 19.4. The second-order valence-corrected chi connectivity index (χ2v) is 4.60. The highest BCUT2D eigenvalue weighted by molar-refractivity contribution is 6.04. The van der Waals surface area contributed by atoms with Crippen LogP contribution < -0.4 is 5.32 Å². The Kier molecular flexibility index (Phi) is 5.17.